The van der Waals surface area contributed by atoms with E-state index in [4.69, 9.17) is 63.0 Å². The lowest BCUT2D eigenvalue weighted by atomic mass is 9.80. The molecule has 540 valence electrons. The Hall–Kier alpha value is -12.3. The predicted octanol–water partition coefficient (Wildman–Crippen LogP) is 26.2. The van der Waals surface area contributed by atoms with Crippen LogP contribution in [0.2, 0.25) is 15.7 Å². The summed E-state index contributed by atoms with van der Waals surface area (Å²) in [6.07, 6.45) is 1.03. The number of rotatable bonds is 4. The van der Waals surface area contributed by atoms with Crippen LogP contribution in [-0.4, -0.2) is 51.6 Å². The fourth-order valence-electron chi connectivity index (χ4n) is 15.9. The first kappa shape index (κ1) is 64.3. The highest BCUT2D eigenvalue weighted by molar-refractivity contribution is 7.27. The number of aryl methyl sites for hydroxylation is 3. The third kappa shape index (κ3) is 13.0. The van der Waals surface area contributed by atoms with Crippen molar-refractivity contribution in [1.82, 2.24) is 34.5 Å². The molecule has 15 heteroatoms. The molecule has 23 rings (SSSR count). The first-order valence-electron chi connectivity index (χ1n) is 39.7. The van der Waals surface area contributed by atoms with Crippen LogP contribution in [0.4, 0.5) is 0 Å². The summed E-state index contributed by atoms with van der Waals surface area (Å²) in [7, 11) is -1.35. The maximum atomic E-state index is 8.67. The molecule has 0 saturated heterocycles. The molecule has 0 aliphatic heterocycles. The van der Waals surface area contributed by atoms with Gasteiger partial charge in [-0.1, -0.05) is 301 Å². The van der Waals surface area contributed by atoms with E-state index >= 15 is 0 Å². The van der Waals surface area contributed by atoms with E-state index in [-0.39, 0.29) is 10.6 Å². The first-order valence-corrected chi connectivity index (χ1v) is 39.5. The van der Waals surface area contributed by atoms with Gasteiger partial charge in [0, 0.05) is 88.3 Å². The zero-order valence-corrected chi connectivity index (χ0v) is 64.2. The van der Waals surface area contributed by atoms with Gasteiger partial charge in [-0.05, 0) is 157 Å². The molecule has 0 amide bonds. The Bertz CT molecular complexity index is 7800. The summed E-state index contributed by atoms with van der Waals surface area (Å²) in [6, 6.07) is 106. The number of benzene rings is 16. The van der Waals surface area contributed by atoms with E-state index in [9.17, 15) is 0 Å². The number of halogens is 3. The molecule has 0 unspecified atom stereocenters. The average Bonchev–Trinajstić information content (AvgIpc) is 1.54. The highest BCUT2D eigenvalue weighted by Gasteiger charge is 2.29. The molecule has 113 heavy (non-hydrogen) atoms. The fraction of sp³-hybridized carbons (Fsp3) is 0.0408. The lowest BCUT2D eigenvalue weighted by Gasteiger charge is -2.13. The summed E-state index contributed by atoms with van der Waals surface area (Å²) in [5.41, 5.74) is 15.7. The maximum absolute atomic E-state index is 8.67. The number of nitrogens with zero attached hydrogens (tertiary/aromatic N) is 7. The van der Waals surface area contributed by atoms with Crippen LogP contribution in [0.15, 0.2) is 315 Å². The minimum Gasteiger partial charge on any atom is -0.423 e. The SMILES string of the molecule is Cc1ccc(B(O)O)cc1.Clc1nc(Cl)c2ccccc2n1.[2H]C([2H])([2H])c1ccc(-c2nc(-n3c4ccc5ccccc5c4c4c5ccccc5c5c6ccccc6sc5c43)nc3ccccc23)cc1.[2H]C([2H])([2H])c1ccc(-c2nc(Cl)nc3ccccc23)cc1.c1ccc2c3c(ccc2c1)Cc1c-3c2ccccc2c2c1sc1ccccc12. The largest absolute Gasteiger partial charge is 0.488 e. The van der Waals surface area contributed by atoms with Crippen LogP contribution in [0.3, 0.4) is 0 Å². The molecule has 0 bridgehead atoms. The quantitative estimate of drug-likeness (QED) is 0.101. The predicted molar refractivity (Wildman–Crippen MR) is 480 cm³/mol. The van der Waals surface area contributed by atoms with Crippen molar-refractivity contribution in [1.29, 1.82) is 0 Å². The molecule has 6 aromatic heterocycles. The van der Waals surface area contributed by atoms with Crippen LogP contribution in [0, 0.1) is 20.6 Å². The lowest BCUT2D eigenvalue weighted by Crippen LogP contribution is -2.29. The molecule has 1 aliphatic carbocycles. The Balaban J connectivity index is 0.000000111. The van der Waals surface area contributed by atoms with E-state index in [1.807, 2.05) is 127 Å². The zero-order chi connectivity index (χ0) is 81.5. The van der Waals surface area contributed by atoms with Gasteiger partial charge in [-0.3, -0.25) is 4.57 Å². The van der Waals surface area contributed by atoms with Crippen LogP contribution in [-0.2, 0) is 6.42 Å². The van der Waals surface area contributed by atoms with Crippen molar-refractivity contribution in [3.63, 3.8) is 0 Å². The van der Waals surface area contributed by atoms with Crippen molar-refractivity contribution in [3.8, 4) is 39.6 Å². The second kappa shape index (κ2) is 29.7. The topological polar surface area (TPSA) is 123 Å². The van der Waals surface area contributed by atoms with Gasteiger partial charge >= 0.3 is 7.12 Å². The van der Waals surface area contributed by atoms with Gasteiger partial charge < -0.3 is 10.0 Å². The molecule has 0 spiro atoms. The van der Waals surface area contributed by atoms with E-state index in [1.54, 1.807) is 48.5 Å². The zero-order valence-electron chi connectivity index (χ0n) is 66.3. The van der Waals surface area contributed by atoms with Gasteiger partial charge in [-0.15, -0.1) is 22.7 Å². The molecule has 0 saturated carbocycles. The van der Waals surface area contributed by atoms with Gasteiger partial charge in [0.05, 0.1) is 43.7 Å². The van der Waals surface area contributed by atoms with Gasteiger partial charge in [-0.25, -0.2) is 29.9 Å². The molecule has 6 heterocycles. The summed E-state index contributed by atoms with van der Waals surface area (Å²) in [4.78, 5) is 26.9. The lowest BCUT2D eigenvalue weighted by molar-refractivity contribution is 0.426. The van der Waals surface area contributed by atoms with Crippen LogP contribution in [0.5, 0.6) is 0 Å². The van der Waals surface area contributed by atoms with Crippen molar-refractivity contribution in [3.05, 3.63) is 359 Å². The van der Waals surface area contributed by atoms with Gasteiger partial charge in [0.25, 0.3) is 0 Å². The minimum absolute atomic E-state index is 0.170. The minimum atomic E-state index is -2.18. The van der Waals surface area contributed by atoms with Crippen LogP contribution in [0.1, 0.15) is 36.0 Å². The number of aromatic nitrogens is 7. The van der Waals surface area contributed by atoms with E-state index in [0.29, 0.717) is 33.4 Å². The smallest absolute Gasteiger partial charge is 0.423 e. The Morgan fingerprint density at radius 3 is 1.41 bits per heavy atom. The Labute approximate surface area is 681 Å². The summed E-state index contributed by atoms with van der Waals surface area (Å²) in [6.45, 7) is -2.33. The van der Waals surface area contributed by atoms with Crippen LogP contribution >= 0.6 is 57.5 Å². The van der Waals surface area contributed by atoms with Crippen LogP contribution in [0.25, 0.3) is 178 Å². The molecular formula is C98H65BCl3N7O2S2. The van der Waals surface area contributed by atoms with Crippen molar-refractivity contribution in [2.45, 2.75) is 27.0 Å². The molecular weight excluding hydrogens is 1490 g/mol. The standard InChI is InChI=1S/C41H25N3S.C27H16S.C15H11ClN2.C8H4Cl2N2.C7H9BO2/c1-24-18-20-26(21-19-24)38-30-14-6-8-16-32(30)42-41(43-38)44-33-23-22-25-10-2-3-11-27(25)36(33)37-29-13-5-4-12-28(29)35-31-15-7-9-17-34(31)45-40(35)39(37)44;1-2-8-18-16(7-1)13-14-17-15-22-25(24(17)18)19-9-3-4-10-20(19)26-21-11-5-6-12-23(21)28-27(22)26;1-10-6-8-11(9-7-10)14-12-4-2-3-5-13(12)17-15(16)18-14;9-7-5-3-1-2-4-6(5)11-8(10)12-7;1-6-2-4-7(5-3-6)8(9)10/h2-23H,1H3;1-14H,15H2;2-9H,1H3;1-4H;2-5,9-10H,1H3/i1D3;;1D3;;. The van der Waals surface area contributed by atoms with Gasteiger partial charge in [0.15, 0.2) is 0 Å². The third-order valence-corrected chi connectivity index (χ3v) is 24.0. The molecule has 0 atom stereocenters. The summed E-state index contributed by atoms with van der Waals surface area (Å²) < 4.78 is 53.4. The van der Waals surface area contributed by atoms with E-state index in [2.05, 4.69) is 194 Å². The van der Waals surface area contributed by atoms with E-state index in [0.717, 1.165) is 72.5 Å². The normalized spacial score (nSPS) is 12.7. The van der Waals surface area contributed by atoms with Crippen molar-refractivity contribution < 1.29 is 18.3 Å². The van der Waals surface area contributed by atoms with Crippen LogP contribution < -0.4 is 5.46 Å². The highest BCUT2D eigenvalue weighted by atomic mass is 35.5. The number of hydrogen-bond donors (Lipinski definition) is 2. The monoisotopic (exact) mass is 1560 g/mol. The second-order valence-corrected chi connectivity index (χ2v) is 30.9. The van der Waals surface area contributed by atoms with E-state index in [1.165, 1.54) is 116 Å². The van der Waals surface area contributed by atoms with Gasteiger partial charge in [0.2, 0.25) is 16.5 Å². The number of thiophene rings is 2. The van der Waals surface area contributed by atoms with Crippen molar-refractivity contribution in [2.24, 2.45) is 0 Å². The maximum Gasteiger partial charge on any atom is 0.488 e. The summed E-state index contributed by atoms with van der Waals surface area (Å²) >= 11 is 21.2. The number of fused-ring (bicyclic) bond motifs is 27. The van der Waals surface area contributed by atoms with Crippen molar-refractivity contribution in [2.75, 3.05) is 0 Å². The summed E-state index contributed by atoms with van der Waals surface area (Å²) in [5, 5.41) is 38.7. The average molecular weight is 1560 g/mol. The molecule has 1 aliphatic rings. The molecule has 0 radical (unpaired) electrons. The molecule has 2 N–H and O–H groups in total. The summed E-state index contributed by atoms with van der Waals surface area (Å²) in [5.74, 6) is 0.577. The molecule has 16 aromatic carbocycles. The Morgan fingerprint density at radius 1 is 0.363 bits per heavy atom. The third-order valence-electron chi connectivity index (χ3n) is 21.0. The fourth-order valence-corrected chi connectivity index (χ4v) is 19.1. The second-order valence-electron chi connectivity index (χ2n) is 27.8. The number of para-hydroxylation sites is 3. The molecule has 22 aromatic rings. The Kier molecular flexibility index (Phi) is 16.9. The highest BCUT2D eigenvalue weighted by Crippen LogP contribution is 2.53. The molecule has 9 nitrogen and oxygen atoms in total. The first-order chi connectivity index (χ1) is 57.8. The van der Waals surface area contributed by atoms with Gasteiger partial charge in [0.1, 0.15) is 5.15 Å². The van der Waals surface area contributed by atoms with Crippen molar-refractivity contribution >= 4 is 208 Å². The van der Waals surface area contributed by atoms with E-state index < -0.39 is 20.8 Å². The Morgan fingerprint density at radius 2 is 0.805 bits per heavy atom. The number of hydrogen-bond acceptors (Lipinski definition) is 10. The molecule has 0 fully saturated rings. The van der Waals surface area contributed by atoms with Gasteiger partial charge in [-0.2, -0.15) is 0 Å².